The molecule has 2 heterocycles. The van der Waals surface area contributed by atoms with Gasteiger partial charge in [0.05, 0.1) is 25.2 Å². The lowest BCUT2D eigenvalue weighted by Crippen LogP contribution is -2.76. The molecule has 200 valence electrons. The van der Waals surface area contributed by atoms with E-state index in [2.05, 4.69) is 11.1 Å². The summed E-state index contributed by atoms with van der Waals surface area (Å²) in [5, 5.41) is 2.84. The van der Waals surface area contributed by atoms with Crippen molar-refractivity contribution in [1.29, 1.82) is 0 Å². The Balaban J connectivity index is 1.46. The number of amides is 2. The van der Waals surface area contributed by atoms with Crippen molar-refractivity contribution in [1.82, 2.24) is 10.2 Å². The molecule has 0 saturated carbocycles. The van der Waals surface area contributed by atoms with Crippen LogP contribution >= 0.6 is 0 Å². The number of hydrogen-bond donors (Lipinski definition) is 2. The van der Waals surface area contributed by atoms with Crippen molar-refractivity contribution in [2.45, 2.75) is 50.3 Å². The molecule has 1 unspecified atom stereocenters. The first-order chi connectivity index (χ1) is 17.4. The van der Waals surface area contributed by atoms with Crippen LogP contribution in [0, 0.1) is 0 Å². The summed E-state index contributed by atoms with van der Waals surface area (Å²) in [5.41, 5.74) is 5.37. The molecule has 10 heteroatoms. The Hall–Kier alpha value is -2.95. The molecule has 0 bridgehead atoms. The SMILES string of the molecule is CC(C)([NH3+])C(=O)NC(COCc1ccccc1)C(=O)N1CCC2(CC1)CN(S(C)(=O)=O)c1ccccc12. The molecule has 0 aromatic heterocycles. The van der Waals surface area contributed by atoms with Crippen LogP contribution in [-0.2, 0) is 36.4 Å². The van der Waals surface area contributed by atoms with Gasteiger partial charge in [0.25, 0.3) is 5.91 Å². The van der Waals surface area contributed by atoms with Crippen molar-refractivity contribution in [3.8, 4) is 0 Å². The predicted octanol–water partition coefficient (Wildman–Crippen LogP) is 1.05. The fourth-order valence-corrected chi connectivity index (χ4v) is 6.08. The molecule has 1 spiro atoms. The molecule has 0 aliphatic carbocycles. The minimum atomic E-state index is -3.41. The van der Waals surface area contributed by atoms with Gasteiger partial charge in [-0.25, -0.2) is 8.42 Å². The number of quaternary nitrogens is 1. The van der Waals surface area contributed by atoms with Crippen LogP contribution in [0.4, 0.5) is 5.69 Å². The Labute approximate surface area is 219 Å². The van der Waals surface area contributed by atoms with Crippen LogP contribution in [0.5, 0.6) is 0 Å². The van der Waals surface area contributed by atoms with E-state index in [1.165, 1.54) is 10.6 Å². The topological polar surface area (TPSA) is 124 Å². The summed E-state index contributed by atoms with van der Waals surface area (Å²) in [4.78, 5) is 28.0. The van der Waals surface area contributed by atoms with Gasteiger partial charge in [-0.2, -0.15) is 0 Å². The number of piperidine rings is 1. The molecule has 1 saturated heterocycles. The van der Waals surface area contributed by atoms with Gasteiger partial charge in [0, 0.05) is 25.0 Å². The molecule has 2 amide bonds. The average molecular weight is 530 g/mol. The Kier molecular flexibility index (Phi) is 7.64. The van der Waals surface area contributed by atoms with Crippen molar-refractivity contribution in [2.24, 2.45) is 0 Å². The van der Waals surface area contributed by atoms with Crippen molar-refractivity contribution in [2.75, 3.05) is 36.8 Å². The number of fused-ring (bicyclic) bond motifs is 2. The van der Waals surface area contributed by atoms with Crippen LogP contribution in [-0.4, -0.2) is 69.2 Å². The number of para-hydroxylation sites is 1. The number of likely N-dealkylation sites (tertiary alicyclic amines) is 1. The lowest BCUT2D eigenvalue weighted by Gasteiger charge is -2.41. The van der Waals surface area contributed by atoms with E-state index in [-0.39, 0.29) is 23.8 Å². The molecular weight excluding hydrogens is 492 g/mol. The zero-order chi connectivity index (χ0) is 26.8. The van der Waals surface area contributed by atoms with Crippen LogP contribution in [0.15, 0.2) is 54.6 Å². The monoisotopic (exact) mass is 529 g/mol. The zero-order valence-corrected chi connectivity index (χ0v) is 22.6. The number of nitrogens with one attached hydrogen (secondary N) is 1. The van der Waals surface area contributed by atoms with Crippen LogP contribution in [0.25, 0.3) is 0 Å². The van der Waals surface area contributed by atoms with Crippen molar-refractivity contribution >= 4 is 27.5 Å². The molecule has 1 fully saturated rings. The molecule has 2 aromatic carbocycles. The lowest BCUT2D eigenvalue weighted by molar-refractivity contribution is -0.446. The summed E-state index contributed by atoms with van der Waals surface area (Å²) < 4.78 is 32.3. The highest BCUT2D eigenvalue weighted by Crippen LogP contribution is 2.47. The van der Waals surface area contributed by atoms with E-state index in [0.717, 1.165) is 16.8 Å². The second-order valence-corrected chi connectivity index (χ2v) is 12.7. The molecular formula is C27H37N4O5S+. The van der Waals surface area contributed by atoms with Crippen LogP contribution in [0.2, 0.25) is 0 Å². The van der Waals surface area contributed by atoms with Gasteiger partial charge in [-0.3, -0.25) is 13.9 Å². The zero-order valence-electron chi connectivity index (χ0n) is 21.8. The highest BCUT2D eigenvalue weighted by atomic mass is 32.2. The van der Waals surface area contributed by atoms with Gasteiger partial charge in [0.1, 0.15) is 6.04 Å². The first-order valence-electron chi connectivity index (χ1n) is 12.5. The largest absolute Gasteiger partial charge is 0.374 e. The maximum absolute atomic E-state index is 13.6. The molecule has 9 nitrogen and oxygen atoms in total. The second kappa shape index (κ2) is 10.4. The fraction of sp³-hybridized carbons (Fsp3) is 0.481. The van der Waals surface area contributed by atoms with Gasteiger partial charge >= 0.3 is 0 Å². The van der Waals surface area contributed by atoms with Crippen LogP contribution < -0.4 is 15.4 Å². The number of nitrogens with zero attached hydrogens (tertiary/aromatic N) is 2. The number of rotatable bonds is 8. The minimum Gasteiger partial charge on any atom is -0.374 e. The standard InChI is InChI=1S/C27H36N4O5S/c1-26(2,28)25(33)29-22(18-36-17-20-9-5-4-6-10-20)24(32)30-15-13-27(14-16-30)19-31(37(3,34)35)23-12-8-7-11-21(23)27/h4-12,22H,13-19,28H2,1-3H3,(H,29,33)/p+1. The van der Waals surface area contributed by atoms with Gasteiger partial charge < -0.3 is 20.7 Å². The maximum atomic E-state index is 13.6. The number of sulfonamides is 1. The number of anilines is 1. The van der Waals surface area contributed by atoms with E-state index in [1.807, 2.05) is 54.6 Å². The lowest BCUT2D eigenvalue weighted by atomic mass is 9.74. The Morgan fingerprint density at radius 1 is 1.08 bits per heavy atom. The van der Waals surface area contributed by atoms with E-state index in [9.17, 15) is 18.0 Å². The van der Waals surface area contributed by atoms with Crippen LogP contribution in [0.3, 0.4) is 0 Å². The summed E-state index contributed by atoms with van der Waals surface area (Å²) in [6.45, 7) is 5.07. The number of benzene rings is 2. The Bertz CT molecular complexity index is 1230. The number of hydrogen-bond acceptors (Lipinski definition) is 5. The normalized spacial score (nSPS) is 17.9. The Morgan fingerprint density at radius 3 is 2.32 bits per heavy atom. The first kappa shape index (κ1) is 27.1. The predicted molar refractivity (Wildman–Crippen MR) is 141 cm³/mol. The van der Waals surface area contributed by atoms with E-state index in [0.29, 0.717) is 39.1 Å². The summed E-state index contributed by atoms with van der Waals surface area (Å²) in [7, 11) is -3.41. The minimum absolute atomic E-state index is 0.0435. The molecule has 2 aromatic rings. The van der Waals surface area contributed by atoms with E-state index >= 15 is 0 Å². The smallest absolute Gasteiger partial charge is 0.281 e. The third-order valence-electron chi connectivity index (χ3n) is 7.24. The number of carbonyl (C=O) groups excluding carboxylic acids is 2. The molecule has 0 radical (unpaired) electrons. The van der Waals surface area contributed by atoms with E-state index in [4.69, 9.17) is 4.74 Å². The molecule has 37 heavy (non-hydrogen) atoms. The van der Waals surface area contributed by atoms with Crippen LogP contribution in [0.1, 0.15) is 37.8 Å². The average Bonchev–Trinajstić information content (AvgIpc) is 3.18. The highest BCUT2D eigenvalue weighted by molar-refractivity contribution is 7.92. The summed E-state index contributed by atoms with van der Waals surface area (Å²) in [6.07, 6.45) is 2.50. The number of carbonyl (C=O) groups is 2. The van der Waals surface area contributed by atoms with E-state index < -0.39 is 21.6 Å². The second-order valence-electron chi connectivity index (χ2n) is 10.8. The summed E-state index contributed by atoms with van der Waals surface area (Å²) in [6, 6.07) is 16.4. The van der Waals surface area contributed by atoms with Gasteiger partial charge in [-0.15, -0.1) is 0 Å². The molecule has 1 atom stereocenters. The molecule has 2 aliphatic rings. The van der Waals surface area contributed by atoms with Gasteiger partial charge in [-0.1, -0.05) is 48.5 Å². The first-order valence-corrected chi connectivity index (χ1v) is 14.4. The highest BCUT2D eigenvalue weighted by Gasteiger charge is 2.48. The van der Waals surface area contributed by atoms with Gasteiger partial charge in [-0.05, 0) is 43.9 Å². The summed E-state index contributed by atoms with van der Waals surface area (Å²) >= 11 is 0. The van der Waals surface area contributed by atoms with Gasteiger partial charge in [0.2, 0.25) is 15.9 Å². The fourth-order valence-electron chi connectivity index (χ4n) is 5.08. The third kappa shape index (κ3) is 5.97. The van der Waals surface area contributed by atoms with Gasteiger partial charge in [0.15, 0.2) is 5.54 Å². The quantitative estimate of drug-likeness (QED) is 0.529. The maximum Gasteiger partial charge on any atom is 0.281 e. The third-order valence-corrected chi connectivity index (χ3v) is 8.36. The Morgan fingerprint density at radius 2 is 1.70 bits per heavy atom. The molecule has 2 aliphatic heterocycles. The van der Waals surface area contributed by atoms with Crippen molar-refractivity contribution in [3.05, 3.63) is 65.7 Å². The molecule has 4 N–H and O–H groups in total. The van der Waals surface area contributed by atoms with Crippen molar-refractivity contribution in [3.63, 3.8) is 0 Å². The van der Waals surface area contributed by atoms with Crippen molar-refractivity contribution < 1.29 is 28.5 Å². The summed E-state index contributed by atoms with van der Waals surface area (Å²) in [5.74, 6) is -0.525. The molecule has 4 rings (SSSR count). The number of ether oxygens (including phenoxy) is 1. The van der Waals surface area contributed by atoms with E-state index in [1.54, 1.807) is 18.7 Å².